The molecule has 6 nitrogen and oxygen atoms in total. The number of nitrogens with one attached hydrogen (secondary N) is 1. The van der Waals surface area contributed by atoms with Crippen molar-refractivity contribution in [1.29, 1.82) is 0 Å². The number of aliphatic hydroxyl groups excluding tert-OH is 2. The third-order valence-corrected chi connectivity index (χ3v) is 10.6. The average molecular weight is 798 g/mol. The first kappa shape index (κ1) is 54.6. The van der Waals surface area contributed by atoms with Crippen LogP contribution in [0.2, 0.25) is 0 Å². The van der Waals surface area contributed by atoms with Gasteiger partial charge < -0.3 is 20.3 Å². The largest absolute Gasteiger partial charge is 0.462 e. The maximum absolute atomic E-state index is 13.1. The SMILES string of the molecule is CC/C=C/C/C=C/C/C=C/C/C=C/CCCCCC(=O)OC(CCC/C=C\CCCCCCCC)CC(=O)NC(CO)C(O)CCCCCCCCCCCCC. The van der Waals surface area contributed by atoms with Gasteiger partial charge in [0.15, 0.2) is 0 Å². The number of allylic oxidation sites excluding steroid dienone is 10. The summed E-state index contributed by atoms with van der Waals surface area (Å²) in [5, 5.41) is 23.6. The summed E-state index contributed by atoms with van der Waals surface area (Å²) in [5.41, 5.74) is 0. The van der Waals surface area contributed by atoms with Gasteiger partial charge in [-0.15, -0.1) is 0 Å². The molecule has 330 valence electrons. The van der Waals surface area contributed by atoms with Crippen LogP contribution in [0, 0.1) is 0 Å². The second kappa shape index (κ2) is 44.7. The van der Waals surface area contributed by atoms with Gasteiger partial charge in [-0.05, 0) is 83.5 Å². The molecule has 1 amide bonds. The molecule has 57 heavy (non-hydrogen) atoms. The van der Waals surface area contributed by atoms with Crippen molar-refractivity contribution in [1.82, 2.24) is 5.32 Å². The lowest BCUT2D eigenvalue weighted by atomic mass is 10.0. The standard InChI is InChI=1S/C51H91NO5/c1-4-7-10-13-16-19-22-23-24-25-26-29-32-35-38-41-44-51(56)57-47(42-39-36-33-30-27-20-17-14-11-8-5-2)45-50(55)52-48(46-53)49(54)43-40-37-34-31-28-21-18-15-12-9-6-3/h7,10,16,19,23-24,26,29-30,33,47-49,53-54H,4-6,8-9,11-15,17-18,20-22,25,27-28,31-32,34-46H2,1-3H3,(H,52,55)/b10-7+,19-16+,24-23+,29-26+,33-30-. The Morgan fingerprint density at radius 1 is 0.526 bits per heavy atom. The molecule has 0 aromatic carbocycles. The van der Waals surface area contributed by atoms with Gasteiger partial charge in [0.25, 0.3) is 0 Å². The van der Waals surface area contributed by atoms with E-state index in [1.54, 1.807) is 0 Å². The number of carbonyl (C=O) groups excluding carboxylic acids is 2. The molecular weight excluding hydrogens is 707 g/mol. The van der Waals surface area contributed by atoms with E-state index in [9.17, 15) is 19.8 Å². The average Bonchev–Trinajstić information content (AvgIpc) is 3.20. The summed E-state index contributed by atoms with van der Waals surface area (Å²) in [4.78, 5) is 26.0. The summed E-state index contributed by atoms with van der Waals surface area (Å²) in [7, 11) is 0. The van der Waals surface area contributed by atoms with E-state index in [2.05, 4.69) is 86.8 Å². The molecule has 0 saturated carbocycles. The normalized spacial score (nSPS) is 13.8. The minimum absolute atomic E-state index is 0.0424. The highest BCUT2D eigenvalue weighted by molar-refractivity contribution is 5.77. The van der Waals surface area contributed by atoms with Crippen LogP contribution in [-0.2, 0) is 14.3 Å². The van der Waals surface area contributed by atoms with Crippen molar-refractivity contribution in [2.75, 3.05) is 6.61 Å². The highest BCUT2D eigenvalue weighted by Crippen LogP contribution is 2.16. The van der Waals surface area contributed by atoms with E-state index in [0.29, 0.717) is 19.3 Å². The fraction of sp³-hybridized carbons (Fsp3) is 0.765. The molecule has 0 aromatic rings. The van der Waals surface area contributed by atoms with Crippen LogP contribution in [-0.4, -0.2) is 46.9 Å². The number of unbranched alkanes of at least 4 members (excludes halogenated alkanes) is 20. The van der Waals surface area contributed by atoms with E-state index in [-0.39, 0.29) is 24.9 Å². The van der Waals surface area contributed by atoms with Crippen LogP contribution in [0.4, 0.5) is 0 Å². The molecule has 0 heterocycles. The summed E-state index contributed by atoms with van der Waals surface area (Å²) >= 11 is 0. The number of rotatable bonds is 42. The fourth-order valence-electron chi connectivity index (χ4n) is 6.95. The fourth-order valence-corrected chi connectivity index (χ4v) is 6.95. The second-order valence-corrected chi connectivity index (χ2v) is 16.1. The number of carbonyl (C=O) groups is 2. The number of ether oxygens (including phenoxy) is 1. The molecule has 6 heteroatoms. The van der Waals surface area contributed by atoms with Gasteiger partial charge in [0.1, 0.15) is 6.10 Å². The minimum atomic E-state index is -0.799. The van der Waals surface area contributed by atoms with Crippen molar-refractivity contribution in [3.63, 3.8) is 0 Å². The van der Waals surface area contributed by atoms with E-state index in [1.807, 2.05) is 0 Å². The van der Waals surface area contributed by atoms with Crippen LogP contribution < -0.4 is 5.32 Å². The third-order valence-electron chi connectivity index (χ3n) is 10.6. The summed E-state index contributed by atoms with van der Waals surface area (Å²) < 4.78 is 5.88. The van der Waals surface area contributed by atoms with Crippen molar-refractivity contribution in [2.24, 2.45) is 0 Å². The molecule has 0 aliphatic heterocycles. The zero-order valence-corrected chi connectivity index (χ0v) is 37.5. The van der Waals surface area contributed by atoms with Gasteiger partial charge in [-0.1, -0.05) is 191 Å². The summed E-state index contributed by atoms with van der Waals surface area (Å²) in [6.07, 6.45) is 54.2. The second-order valence-electron chi connectivity index (χ2n) is 16.1. The van der Waals surface area contributed by atoms with Gasteiger partial charge >= 0.3 is 5.97 Å². The van der Waals surface area contributed by atoms with Gasteiger partial charge in [0.2, 0.25) is 5.91 Å². The molecule has 0 radical (unpaired) electrons. The Kier molecular flexibility index (Phi) is 42.7. The Labute approximate surface area is 352 Å². The van der Waals surface area contributed by atoms with E-state index in [4.69, 9.17) is 4.74 Å². The molecule has 0 spiro atoms. The minimum Gasteiger partial charge on any atom is -0.462 e. The number of hydrogen-bond donors (Lipinski definition) is 3. The van der Waals surface area contributed by atoms with E-state index >= 15 is 0 Å². The molecule has 0 rings (SSSR count). The van der Waals surface area contributed by atoms with Crippen LogP contribution in [0.3, 0.4) is 0 Å². The molecule has 0 bridgehead atoms. The van der Waals surface area contributed by atoms with E-state index in [1.165, 1.54) is 89.9 Å². The molecular formula is C51H91NO5. The maximum atomic E-state index is 13.1. The van der Waals surface area contributed by atoms with Crippen LogP contribution in [0.5, 0.6) is 0 Å². The van der Waals surface area contributed by atoms with Gasteiger partial charge in [-0.2, -0.15) is 0 Å². The Morgan fingerprint density at radius 2 is 0.965 bits per heavy atom. The lowest BCUT2D eigenvalue weighted by molar-refractivity contribution is -0.151. The van der Waals surface area contributed by atoms with E-state index in [0.717, 1.165) is 89.9 Å². The zero-order chi connectivity index (χ0) is 41.7. The van der Waals surface area contributed by atoms with Gasteiger partial charge in [0, 0.05) is 6.42 Å². The highest BCUT2D eigenvalue weighted by atomic mass is 16.5. The van der Waals surface area contributed by atoms with Crippen molar-refractivity contribution in [2.45, 2.75) is 244 Å². The van der Waals surface area contributed by atoms with Crippen LogP contribution >= 0.6 is 0 Å². The van der Waals surface area contributed by atoms with E-state index < -0.39 is 18.2 Å². The Bertz CT molecular complexity index is 1030. The molecule has 3 unspecified atom stereocenters. The first-order valence-corrected chi connectivity index (χ1v) is 24.0. The smallest absolute Gasteiger partial charge is 0.306 e. The van der Waals surface area contributed by atoms with Crippen LogP contribution in [0.15, 0.2) is 60.8 Å². The van der Waals surface area contributed by atoms with Crippen LogP contribution in [0.1, 0.15) is 226 Å². The monoisotopic (exact) mass is 798 g/mol. The first-order chi connectivity index (χ1) is 28.0. The summed E-state index contributed by atoms with van der Waals surface area (Å²) in [6, 6.07) is -0.716. The molecule has 3 atom stereocenters. The molecule has 0 aliphatic carbocycles. The van der Waals surface area contributed by atoms with Crippen molar-refractivity contribution in [3.05, 3.63) is 60.8 Å². The Morgan fingerprint density at radius 3 is 1.49 bits per heavy atom. The van der Waals surface area contributed by atoms with Crippen LogP contribution in [0.25, 0.3) is 0 Å². The molecule has 0 aromatic heterocycles. The topological polar surface area (TPSA) is 95.9 Å². The lowest BCUT2D eigenvalue weighted by Crippen LogP contribution is -2.46. The highest BCUT2D eigenvalue weighted by Gasteiger charge is 2.24. The predicted octanol–water partition coefficient (Wildman–Crippen LogP) is 14.1. The molecule has 0 aliphatic rings. The lowest BCUT2D eigenvalue weighted by Gasteiger charge is -2.24. The molecule has 0 saturated heterocycles. The quantitative estimate of drug-likeness (QED) is 0.0325. The Hall–Kier alpha value is -2.44. The van der Waals surface area contributed by atoms with Crippen molar-refractivity contribution < 1.29 is 24.5 Å². The third kappa shape index (κ3) is 40.1. The first-order valence-electron chi connectivity index (χ1n) is 24.0. The zero-order valence-electron chi connectivity index (χ0n) is 37.5. The number of hydrogen-bond acceptors (Lipinski definition) is 5. The van der Waals surface area contributed by atoms with Gasteiger partial charge in [-0.3, -0.25) is 9.59 Å². The summed E-state index contributed by atoms with van der Waals surface area (Å²) in [6.45, 7) is 6.32. The maximum Gasteiger partial charge on any atom is 0.306 e. The number of amides is 1. The number of esters is 1. The van der Waals surface area contributed by atoms with Gasteiger partial charge in [0.05, 0.1) is 25.2 Å². The van der Waals surface area contributed by atoms with Crippen molar-refractivity contribution in [3.8, 4) is 0 Å². The molecule has 0 fully saturated rings. The summed E-state index contributed by atoms with van der Waals surface area (Å²) in [5.74, 6) is -0.542. The van der Waals surface area contributed by atoms with Gasteiger partial charge in [-0.25, -0.2) is 0 Å². The predicted molar refractivity (Wildman–Crippen MR) is 245 cm³/mol. The molecule has 3 N–H and O–H groups in total. The van der Waals surface area contributed by atoms with Crippen molar-refractivity contribution >= 4 is 11.9 Å². The Balaban J connectivity index is 4.65. The number of aliphatic hydroxyl groups is 2.